The van der Waals surface area contributed by atoms with Crippen molar-refractivity contribution in [3.8, 4) is 0 Å². The molecule has 1 aliphatic carbocycles. The van der Waals surface area contributed by atoms with Crippen molar-refractivity contribution in [2.75, 3.05) is 17.2 Å². The van der Waals surface area contributed by atoms with Crippen LogP contribution in [-0.2, 0) is 31.6 Å². The maximum absolute atomic E-state index is 12.5. The molecule has 138 valence electrons. The van der Waals surface area contributed by atoms with E-state index in [-0.39, 0.29) is 5.56 Å². The molecule has 4 heterocycles. The van der Waals surface area contributed by atoms with E-state index in [0.29, 0.717) is 12.6 Å². The van der Waals surface area contributed by atoms with Crippen molar-refractivity contribution in [3.63, 3.8) is 0 Å². The van der Waals surface area contributed by atoms with Crippen LogP contribution in [0.25, 0.3) is 0 Å². The number of hydrogen-bond donors (Lipinski definition) is 0. The lowest BCUT2D eigenvalue weighted by Crippen LogP contribution is -2.37. The fraction of sp³-hybridized carbons (Fsp3) is 0.632. The van der Waals surface area contributed by atoms with E-state index in [1.165, 1.54) is 41.4 Å². The Morgan fingerprint density at radius 2 is 2.08 bits per heavy atom. The third kappa shape index (κ3) is 3.09. The van der Waals surface area contributed by atoms with E-state index >= 15 is 0 Å². The van der Waals surface area contributed by atoms with Gasteiger partial charge in [-0.2, -0.15) is 16.9 Å². The van der Waals surface area contributed by atoms with Gasteiger partial charge in [-0.05, 0) is 49.8 Å². The summed E-state index contributed by atoms with van der Waals surface area (Å²) in [5.74, 6) is 2.04. The highest BCUT2D eigenvalue weighted by molar-refractivity contribution is 7.98. The second-order valence-corrected chi connectivity index (χ2v) is 9.67. The monoisotopic (exact) mass is 388 g/mol. The topological polar surface area (TPSA) is 51.0 Å². The molecule has 5 rings (SSSR count). The quantitative estimate of drug-likeness (QED) is 0.809. The molecular weight excluding hydrogens is 364 g/mol. The van der Waals surface area contributed by atoms with Gasteiger partial charge in [0.05, 0.1) is 24.0 Å². The summed E-state index contributed by atoms with van der Waals surface area (Å²) >= 11 is 3.77. The first-order valence-electron chi connectivity index (χ1n) is 9.71. The molecule has 1 saturated heterocycles. The van der Waals surface area contributed by atoms with Gasteiger partial charge in [0.2, 0.25) is 0 Å². The normalized spacial score (nSPS) is 22.3. The number of thioether (sulfide) groups is 1. The van der Waals surface area contributed by atoms with Gasteiger partial charge in [0.15, 0.2) is 5.13 Å². The van der Waals surface area contributed by atoms with Gasteiger partial charge in [-0.25, -0.2) is 9.67 Å². The maximum atomic E-state index is 12.5. The number of thiazole rings is 1. The third-order valence-electron chi connectivity index (χ3n) is 5.75. The molecule has 1 fully saturated rings. The van der Waals surface area contributed by atoms with Crippen LogP contribution in [0, 0.1) is 0 Å². The van der Waals surface area contributed by atoms with Crippen molar-refractivity contribution >= 4 is 28.2 Å². The first kappa shape index (κ1) is 16.8. The number of anilines is 1. The van der Waals surface area contributed by atoms with Gasteiger partial charge in [0.25, 0.3) is 5.56 Å². The molecule has 0 aromatic carbocycles. The van der Waals surface area contributed by atoms with Crippen molar-refractivity contribution in [1.82, 2.24) is 14.8 Å². The molecule has 7 heteroatoms. The lowest BCUT2D eigenvalue weighted by atomic mass is 10.0. The minimum absolute atomic E-state index is 0.0523. The van der Waals surface area contributed by atoms with Crippen LogP contribution in [0.4, 0.5) is 5.13 Å². The van der Waals surface area contributed by atoms with E-state index < -0.39 is 0 Å². The molecule has 0 amide bonds. The molecule has 0 spiro atoms. The number of aryl methyl sites for hydroxylation is 3. The Kier molecular flexibility index (Phi) is 4.52. The van der Waals surface area contributed by atoms with Crippen LogP contribution in [0.5, 0.6) is 0 Å². The predicted octanol–water partition coefficient (Wildman–Crippen LogP) is 3.04. The molecule has 1 unspecified atom stereocenters. The molecule has 0 bridgehead atoms. The minimum Gasteiger partial charge on any atom is -0.343 e. The van der Waals surface area contributed by atoms with E-state index in [1.807, 2.05) is 29.2 Å². The maximum Gasteiger partial charge on any atom is 0.267 e. The largest absolute Gasteiger partial charge is 0.343 e. The molecule has 0 radical (unpaired) electrons. The lowest BCUT2D eigenvalue weighted by Gasteiger charge is -2.25. The van der Waals surface area contributed by atoms with Gasteiger partial charge in [-0.3, -0.25) is 4.79 Å². The molecule has 3 aliphatic rings. The van der Waals surface area contributed by atoms with Crippen molar-refractivity contribution in [3.05, 3.63) is 38.2 Å². The summed E-state index contributed by atoms with van der Waals surface area (Å²) in [4.78, 5) is 21.4. The highest BCUT2D eigenvalue weighted by Gasteiger charge is 2.29. The van der Waals surface area contributed by atoms with Crippen molar-refractivity contribution < 1.29 is 0 Å². The Hall–Kier alpha value is -1.34. The van der Waals surface area contributed by atoms with E-state index in [0.717, 1.165) is 48.6 Å². The lowest BCUT2D eigenvalue weighted by molar-refractivity contribution is 0.481. The highest BCUT2D eigenvalue weighted by atomic mass is 32.2. The summed E-state index contributed by atoms with van der Waals surface area (Å²) in [6.07, 6.45) is 8.16. The summed E-state index contributed by atoms with van der Waals surface area (Å²) in [6.45, 7) is 1.73. The van der Waals surface area contributed by atoms with Crippen LogP contribution in [0.3, 0.4) is 0 Å². The molecular formula is C19H24N4OS2. The first-order valence-corrected chi connectivity index (χ1v) is 11.7. The van der Waals surface area contributed by atoms with E-state index in [1.54, 1.807) is 4.68 Å². The van der Waals surface area contributed by atoms with Crippen LogP contribution in [0.1, 0.15) is 47.5 Å². The standard InChI is InChI=1S/C19H24N4OS2/c24-18-10-13-12-25-9-7-15(13)21-23(18)11-14-4-3-8-22(14)19-20-16-5-1-2-6-17(16)26-19/h10,14H,1-9,11-12H2. The molecule has 2 aromatic rings. The molecule has 26 heavy (non-hydrogen) atoms. The van der Waals surface area contributed by atoms with Gasteiger partial charge in [0.1, 0.15) is 0 Å². The number of hydrogen-bond acceptors (Lipinski definition) is 6. The second kappa shape index (κ2) is 7.00. The zero-order valence-corrected chi connectivity index (χ0v) is 16.6. The van der Waals surface area contributed by atoms with E-state index in [2.05, 4.69) is 4.90 Å². The molecule has 5 nitrogen and oxygen atoms in total. The third-order valence-corrected chi connectivity index (χ3v) is 7.95. The second-order valence-electron chi connectivity index (χ2n) is 7.50. The fourth-order valence-corrected chi connectivity index (χ4v) is 6.52. The molecule has 2 aliphatic heterocycles. The molecule has 2 aromatic heterocycles. The minimum atomic E-state index is 0.0523. The summed E-state index contributed by atoms with van der Waals surface area (Å²) in [6, 6.07) is 2.15. The Balaban J connectivity index is 1.39. The van der Waals surface area contributed by atoms with Crippen LogP contribution in [0.15, 0.2) is 10.9 Å². The smallest absolute Gasteiger partial charge is 0.267 e. The summed E-state index contributed by atoms with van der Waals surface area (Å²) in [5.41, 5.74) is 3.64. The van der Waals surface area contributed by atoms with Gasteiger partial charge in [-0.1, -0.05) is 0 Å². The number of fused-ring (bicyclic) bond motifs is 2. The Labute approximate surface area is 161 Å². The number of aromatic nitrogens is 3. The Bertz CT molecular complexity index is 851. The zero-order chi connectivity index (χ0) is 17.5. The molecule has 1 atom stereocenters. The van der Waals surface area contributed by atoms with Gasteiger partial charge in [-0.15, -0.1) is 11.3 Å². The molecule has 0 saturated carbocycles. The number of nitrogens with zero attached hydrogens (tertiary/aromatic N) is 4. The van der Waals surface area contributed by atoms with Crippen LogP contribution >= 0.6 is 23.1 Å². The number of rotatable bonds is 3. The van der Waals surface area contributed by atoms with Gasteiger partial charge in [0, 0.05) is 29.7 Å². The predicted molar refractivity (Wildman–Crippen MR) is 107 cm³/mol. The van der Waals surface area contributed by atoms with E-state index in [9.17, 15) is 4.79 Å². The molecule has 0 N–H and O–H groups in total. The van der Waals surface area contributed by atoms with Crippen molar-refractivity contribution in [2.45, 2.75) is 63.3 Å². The zero-order valence-electron chi connectivity index (χ0n) is 14.9. The van der Waals surface area contributed by atoms with Crippen LogP contribution in [0.2, 0.25) is 0 Å². The summed E-state index contributed by atoms with van der Waals surface area (Å²) in [5, 5.41) is 5.89. The average molecular weight is 389 g/mol. The Morgan fingerprint density at radius 3 is 3.00 bits per heavy atom. The summed E-state index contributed by atoms with van der Waals surface area (Å²) in [7, 11) is 0. The van der Waals surface area contributed by atoms with Gasteiger partial charge >= 0.3 is 0 Å². The Morgan fingerprint density at radius 1 is 1.15 bits per heavy atom. The van der Waals surface area contributed by atoms with Gasteiger partial charge < -0.3 is 4.90 Å². The van der Waals surface area contributed by atoms with Crippen LogP contribution < -0.4 is 10.5 Å². The van der Waals surface area contributed by atoms with Crippen LogP contribution in [-0.4, -0.2) is 33.1 Å². The van der Waals surface area contributed by atoms with E-state index in [4.69, 9.17) is 10.1 Å². The summed E-state index contributed by atoms with van der Waals surface area (Å²) < 4.78 is 1.71. The average Bonchev–Trinajstić information content (AvgIpc) is 3.28. The SMILES string of the molecule is O=c1cc2c(nn1CC1CCCN1c1nc3c(s1)CCCC3)CCSC2. The first-order chi connectivity index (χ1) is 12.8. The fourth-order valence-electron chi connectivity index (χ4n) is 4.32. The van der Waals surface area contributed by atoms with Crippen molar-refractivity contribution in [2.24, 2.45) is 0 Å². The van der Waals surface area contributed by atoms with Crippen molar-refractivity contribution in [1.29, 1.82) is 0 Å². The highest BCUT2D eigenvalue weighted by Crippen LogP contribution is 2.35.